The number of rotatable bonds is 5. The van der Waals surface area contributed by atoms with Crippen LogP contribution in [-0.2, 0) is 17.8 Å². The minimum absolute atomic E-state index is 0. The molecule has 6 heteroatoms. The molecule has 1 fully saturated rings. The lowest BCUT2D eigenvalue weighted by molar-refractivity contribution is -0.121. The average Bonchev–Trinajstić information content (AvgIpc) is 2.98. The second-order valence-corrected chi connectivity index (χ2v) is 7.15. The predicted octanol–water partition coefficient (Wildman–Crippen LogP) is 3.89. The molecule has 4 rings (SSSR count). The molecule has 4 nitrogen and oxygen atoms in total. The summed E-state index contributed by atoms with van der Waals surface area (Å²) in [5.41, 5.74) is 4.84. The van der Waals surface area contributed by atoms with Gasteiger partial charge in [0.2, 0.25) is 5.91 Å². The number of hydrogen-bond donors (Lipinski definition) is 2. The SMILES string of the molecule is CC(C(=O)Nc1ccccc1CN1CCc2ccccc21)C1CNC1.Cl.Cl. The zero-order chi connectivity index (χ0) is 17.2. The summed E-state index contributed by atoms with van der Waals surface area (Å²) in [5.74, 6) is 0.625. The predicted molar refractivity (Wildman–Crippen MR) is 116 cm³/mol. The molecule has 1 saturated heterocycles. The van der Waals surface area contributed by atoms with E-state index in [4.69, 9.17) is 0 Å². The van der Waals surface area contributed by atoms with E-state index in [1.54, 1.807) is 0 Å². The van der Waals surface area contributed by atoms with Crippen molar-refractivity contribution in [1.29, 1.82) is 0 Å². The molecule has 2 N–H and O–H groups in total. The molecule has 1 unspecified atom stereocenters. The van der Waals surface area contributed by atoms with Crippen LogP contribution < -0.4 is 15.5 Å². The Kier molecular flexibility index (Phi) is 7.54. The van der Waals surface area contributed by atoms with Crippen molar-refractivity contribution in [3.05, 3.63) is 59.7 Å². The number of hydrogen-bond acceptors (Lipinski definition) is 3. The maximum atomic E-state index is 12.6. The summed E-state index contributed by atoms with van der Waals surface area (Å²) in [5, 5.41) is 6.41. The first-order valence-corrected chi connectivity index (χ1v) is 9.14. The second-order valence-electron chi connectivity index (χ2n) is 7.15. The zero-order valence-electron chi connectivity index (χ0n) is 15.5. The second kappa shape index (κ2) is 9.45. The maximum Gasteiger partial charge on any atom is 0.227 e. The van der Waals surface area contributed by atoms with Gasteiger partial charge in [-0.05, 0) is 48.7 Å². The first-order valence-electron chi connectivity index (χ1n) is 9.14. The molecule has 27 heavy (non-hydrogen) atoms. The standard InChI is InChI=1S/C21H25N3O.2ClH/c1-15(18-12-22-13-18)21(25)23-19-8-4-2-7-17(19)14-24-11-10-16-6-3-5-9-20(16)24;;/h2-9,15,18,22H,10-14H2,1H3,(H,23,25);2*1H. The van der Waals surface area contributed by atoms with Gasteiger partial charge in [-0.1, -0.05) is 43.3 Å². The van der Waals surface area contributed by atoms with Crippen LogP contribution >= 0.6 is 24.8 Å². The Hall–Kier alpha value is -1.75. The van der Waals surface area contributed by atoms with Crippen LogP contribution in [0.15, 0.2) is 48.5 Å². The summed E-state index contributed by atoms with van der Waals surface area (Å²) in [4.78, 5) is 15.0. The van der Waals surface area contributed by atoms with Crippen molar-refractivity contribution in [3.63, 3.8) is 0 Å². The van der Waals surface area contributed by atoms with Gasteiger partial charge in [-0.3, -0.25) is 4.79 Å². The smallest absolute Gasteiger partial charge is 0.227 e. The van der Waals surface area contributed by atoms with E-state index in [1.807, 2.05) is 25.1 Å². The van der Waals surface area contributed by atoms with E-state index in [-0.39, 0.29) is 36.6 Å². The minimum Gasteiger partial charge on any atom is -0.367 e. The van der Waals surface area contributed by atoms with E-state index in [1.165, 1.54) is 16.8 Å². The zero-order valence-corrected chi connectivity index (χ0v) is 17.1. The summed E-state index contributed by atoms with van der Waals surface area (Å²) >= 11 is 0. The first-order chi connectivity index (χ1) is 12.2. The Morgan fingerprint density at radius 1 is 1.15 bits per heavy atom. The van der Waals surface area contributed by atoms with E-state index >= 15 is 0 Å². The summed E-state index contributed by atoms with van der Waals surface area (Å²) in [6, 6.07) is 16.8. The van der Waals surface area contributed by atoms with Gasteiger partial charge in [0.05, 0.1) is 0 Å². The summed E-state index contributed by atoms with van der Waals surface area (Å²) in [7, 11) is 0. The number of halogens is 2. The molecule has 2 aromatic rings. The van der Waals surface area contributed by atoms with E-state index in [2.05, 4.69) is 45.9 Å². The number of carbonyl (C=O) groups excluding carboxylic acids is 1. The molecule has 2 aromatic carbocycles. The molecule has 0 bridgehead atoms. The number of anilines is 2. The quantitative estimate of drug-likeness (QED) is 0.789. The van der Waals surface area contributed by atoms with Gasteiger partial charge in [0.15, 0.2) is 0 Å². The third-order valence-corrected chi connectivity index (χ3v) is 5.55. The third kappa shape index (κ3) is 4.57. The van der Waals surface area contributed by atoms with Crippen LogP contribution in [0, 0.1) is 11.8 Å². The lowest BCUT2D eigenvalue weighted by atomic mass is 9.88. The third-order valence-electron chi connectivity index (χ3n) is 5.55. The fourth-order valence-electron chi connectivity index (χ4n) is 3.68. The van der Waals surface area contributed by atoms with Crippen molar-refractivity contribution >= 4 is 42.1 Å². The summed E-state index contributed by atoms with van der Waals surface area (Å²) < 4.78 is 0. The van der Waals surface area contributed by atoms with Gasteiger partial charge < -0.3 is 15.5 Å². The van der Waals surface area contributed by atoms with Gasteiger partial charge in [0, 0.05) is 30.4 Å². The number of amides is 1. The molecule has 2 aliphatic rings. The van der Waals surface area contributed by atoms with Crippen LogP contribution in [0.4, 0.5) is 11.4 Å². The van der Waals surface area contributed by atoms with Gasteiger partial charge in [-0.15, -0.1) is 24.8 Å². The summed E-state index contributed by atoms with van der Waals surface area (Å²) in [6.07, 6.45) is 1.09. The number of para-hydroxylation sites is 2. The molecule has 146 valence electrons. The Morgan fingerprint density at radius 3 is 2.59 bits per heavy atom. The highest BCUT2D eigenvalue weighted by Crippen LogP contribution is 2.30. The molecule has 2 heterocycles. The van der Waals surface area contributed by atoms with Crippen molar-refractivity contribution in [1.82, 2.24) is 5.32 Å². The molecule has 2 aliphatic heterocycles. The highest BCUT2D eigenvalue weighted by Gasteiger charge is 2.29. The van der Waals surface area contributed by atoms with E-state index in [0.29, 0.717) is 5.92 Å². The van der Waals surface area contributed by atoms with E-state index < -0.39 is 0 Å². The van der Waals surface area contributed by atoms with E-state index in [0.717, 1.165) is 38.3 Å². The fourth-order valence-corrected chi connectivity index (χ4v) is 3.68. The molecule has 1 amide bonds. The summed E-state index contributed by atoms with van der Waals surface area (Å²) in [6.45, 7) is 5.78. The fraction of sp³-hybridized carbons (Fsp3) is 0.381. The van der Waals surface area contributed by atoms with Crippen LogP contribution in [0.2, 0.25) is 0 Å². The number of nitrogens with zero attached hydrogens (tertiary/aromatic N) is 1. The van der Waals surface area contributed by atoms with Gasteiger partial charge in [0.25, 0.3) is 0 Å². The van der Waals surface area contributed by atoms with Crippen molar-refractivity contribution < 1.29 is 4.79 Å². The molecular formula is C21H27Cl2N3O. The molecule has 0 saturated carbocycles. The van der Waals surface area contributed by atoms with Crippen molar-refractivity contribution in [3.8, 4) is 0 Å². The number of carbonyl (C=O) groups is 1. The van der Waals surface area contributed by atoms with Crippen LogP contribution in [0.1, 0.15) is 18.1 Å². The maximum absolute atomic E-state index is 12.6. The van der Waals surface area contributed by atoms with Crippen molar-refractivity contribution in [2.45, 2.75) is 19.9 Å². The number of benzene rings is 2. The van der Waals surface area contributed by atoms with E-state index in [9.17, 15) is 4.79 Å². The molecular weight excluding hydrogens is 381 g/mol. The molecule has 0 aromatic heterocycles. The monoisotopic (exact) mass is 407 g/mol. The Morgan fingerprint density at radius 2 is 1.85 bits per heavy atom. The average molecular weight is 408 g/mol. The molecule has 0 radical (unpaired) electrons. The van der Waals surface area contributed by atoms with Gasteiger partial charge in [-0.2, -0.15) is 0 Å². The van der Waals surface area contributed by atoms with Crippen molar-refractivity contribution in [2.75, 3.05) is 29.9 Å². The Bertz CT molecular complexity index is 780. The lowest BCUT2D eigenvalue weighted by Gasteiger charge is -2.32. The van der Waals surface area contributed by atoms with Crippen LogP contribution in [-0.4, -0.2) is 25.5 Å². The largest absolute Gasteiger partial charge is 0.367 e. The number of fused-ring (bicyclic) bond motifs is 1. The topological polar surface area (TPSA) is 44.4 Å². The number of nitrogens with one attached hydrogen (secondary N) is 2. The van der Waals surface area contributed by atoms with Gasteiger partial charge >= 0.3 is 0 Å². The molecule has 0 aliphatic carbocycles. The van der Waals surface area contributed by atoms with Gasteiger partial charge in [0.1, 0.15) is 0 Å². The lowest BCUT2D eigenvalue weighted by Crippen LogP contribution is -2.48. The van der Waals surface area contributed by atoms with Gasteiger partial charge in [-0.25, -0.2) is 0 Å². The first kappa shape index (κ1) is 21.5. The highest BCUT2D eigenvalue weighted by molar-refractivity contribution is 5.93. The molecule has 1 atom stereocenters. The minimum atomic E-state index is 0. The van der Waals surface area contributed by atoms with Crippen LogP contribution in [0.5, 0.6) is 0 Å². The Balaban J connectivity index is 0.00000131. The normalized spacial score (nSPS) is 16.4. The highest BCUT2D eigenvalue weighted by atomic mass is 35.5. The van der Waals surface area contributed by atoms with Crippen molar-refractivity contribution in [2.24, 2.45) is 11.8 Å². The van der Waals surface area contributed by atoms with Crippen LogP contribution in [0.25, 0.3) is 0 Å². The molecule has 0 spiro atoms. The van der Waals surface area contributed by atoms with Crippen LogP contribution in [0.3, 0.4) is 0 Å². The Labute approximate surface area is 173 Å².